The number of rotatable bonds is 4. The first-order chi connectivity index (χ1) is 14.1. The summed E-state index contributed by atoms with van der Waals surface area (Å²) >= 11 is 6.49. The highest BCUT2D eigenvalue weighted by Crippen LogP contribution is 2.36. The van der Waals surface area contributed by atoms with Gasteiger partial charge in [-0.1, -0.05) is 11.6 Å². The minimum absolute atomic E-state index is 0.0512. The molecule has 4 aromatic rings. The Morgan fingerprint density at radius 3 is 2.86 bits per heavy atom. The number of carbonyl (C=O) groups excluding carboxylic acids is 1. The molecule has 0 spiro atoms. The number of benzene rings is 1. The molecule has 1 aromatic carbocycles. The van der Waals surface area contributed by atoms with Gasteiger partial charge in [0.05, 0.1) is 16.8 Å². The Morgan fingerprint density at radius 1 is 1.24 bits per heavy atom. The van der Waals surface area contributed by atoms with Crippen LogP contribution in [0.5, 0.6) is 0 Å². The first-order valence-corrected chi connectivity index (χ1v) is 9.61. The summed E-state index contributed by atoms with van der Waals surface area (Å²) in [7, 11) is 0. The summed E-state index contributed by atoms with van der Waals surface area (Å²) in [6, 6.07) is 7.39. The van der Waals surface area contributed by atoms with Crippen LogP contribution in [0.4, 0.5) is 5.95 Å². The Morgan fingerprint density at radius 2 is 2.10 bits per heavy atom. The van der Waals surface area contributed by atoms with Gasteiger partial charge in [-0.05, 0) is 49.6 Å². The van der Waals surface area contributed by atoms with Crippen LogP contribution < -0.4 is 5.32 Å². The summed E-state index contributed by atoms with van der Waals surface area (Å²) in [5, 5.41) is 4.15. The molecule has 1 aliphatic carbocycles. The number of amides is 1. The second-order valence-corrected chi connectivity index (χ2v) is 7.42. The summed E-state index contributed by atoms with van der Waals surface area (Å²) in [6.45, 7) is 1.91. The van der Waals surface area contributed by atoms with Crippen molar-refractivity contribution < 1.29 is 9.21 Å². The van der Waals surface area contributed by atoms with Gasteiger partial charge in [0.15, 0.2) is 5.76 Å². The number of anilines is 1. The van der Waals surface area contributed by atoms with E-state index in [2.05, 4.69) is 25.3 Å². The van der Waals surface area contributed by atoms with Crippen LogP contribution in [0.1, 0.15) is 18.5 Å². The molecular formula is C21H16ClN5O2. The van der Waals surface area contributed by atoms with Gasteiger partial charge in [-0.15, -0.1) is 0 Å². The van der Waals surface area contributed by atoms with Crippen molar-refractivity contribution in [3.63, 3.8) is 0 Å². The van der Waals surface area contributed by atoms with E-state index in [1.54, 1.807) is 18.5 Å². The lowest BCUT2D eigenvalue weighted by atomic mass is 10.0. The van der Waals surface area contributed by atoms with Crippen LogP contribution in [0.2, 0.25) is 5.02 Å². The number of nitrogens with one attached hydrogen (secondary N) is 1. The number of furan rings is 1. The highest BCUT2D eigenvalue weighted by atomic mass is 35.5. The second-order valence-electron chi connectivity index (χ2n) is 7.01. The molecule has 1 amide bonds. The number of nitrogens with zero attached hydrogens (tertiary/aromatic N) is 4. The van der Waals surface area contributed by atoms with Gasteiger partial charge in [-0.2, -0.15) is 0 Å². The summed E-state index contributed by atoms with van der Waals surface area (Å²) in [5.41, 5.74) is 3.63. The predicted octanol–water partition coefficient (Wildman–Crippen LogP) is 4.66. The van der Waals surface area contributed by atoms with Gasteiger partial charge < -0.3 is 4.42 Å². The van der Waals surface area contributed by atoms with Crippen molar-refractivity contribution in [1.82, 2.24) is 19.9 Å². The van der Waals surface area contributed by atoms with E-state index in [1.165, 1.54) is 6.33 Å². The average Bonchev–Trinajstić information content (AvgIpc) is 3.43. The summed E-state index contributed by atoms with van der Waals surface area (Å²) in [5.74, 6) is 0.835. The van der Waals surface area contributed by atoms with E-state index in [0.717, 1.165) is 35.0 Å². The van der Waals surface area contributed by atoms with E-state index in [1.807, 2.05) is 25.1 Å². The van der Waals surface area contributed by atoms with Crippen LogP contribution in [-0.4, -0.2) is 25.8 Å². The fourth-order valence-electron chi connectivity index (χ4n) is 3.22. The third-order valence-electron chi connectivity index (χ3n) is 4.93. The molecule has 0 atom stereocenters. The lowest BCUT2D eigenvalue weighted by Gasteiger charge is -2.11. The van der Waals surface area contributed by atoms with Crippen molar-refractivity contribution in [2.45, 2.75) is 19.8 Å². The molecule has 0 unspecified atom stereocenters. The zero-order valence-corrected chi connectivity index (χ0v) is 16.3. The molecule has 1 aliphatic rings. The van der Waals surface area contributed by atoms with Crippen molar-refractivity contribution in [1.29, 1.82) is 0 Å². The van der Waals surface area contributed by atoms with Crippen LogP contribution >= 0.6 is 11.6 Å². The van der Waals surface area contributed by atoms with Crippen molar-refractivity contribution in [2.75, 3.05) is 5.32 Å². The molecule has 3 heterocycles. The van der Waals surface area contributed by atoms with Gasteiger partial charge in [-0.3, -0.25) is 10.1 Å². The number of hydrogen-bond donors (Lipinski definition) is 1. The predicted molar refractivity (Wildman–Crippen MR) is 109 cm³/mol. The topological polar surface area (TPSA) is 93.8 Å². The first-order valence-electron chi connectivity index (χ1n) is 9.23. The minimum atomic E-state index is -0.0512. The third-order valence-corrected chi connectivity index (χ3v) is 5.22. The van der Waals surface area contributed by atoms with Crippen molar-refractivity contribution in [3.05, 3.63) is 53.8 Å². The molecule has 0 radical (unpaired) electrons. The average molecular weight is 406 g/mol. The summed E-state index contributed by atoms with van der Waals surface area (Å²) in [4.78, 5) is 29.6. The fourth-order valence-corrected chi connectivity index (χ4v) is 3.48. The van der Waals surface area contributed by atoms with Gasteiger partial charge in [0.1, 0.15) is 12.0 Å². The lowest BCUT2D eigenvalue weighted by Crippen LogP contribution is -2.15. The Hall–Kier alpha value is -3.32. The molecule has 1 fully saturated rings. The van der Waals surface area contributed by atoms with Gasteiger partial charge in [0.2, 0.25) is 11.9 Å². The highest BCUT2D eigenvalue weighted by molar-refractivity contribution is 6.35. The lowest BCUT2D eigenvalue weighted by molar-refractivity contribution is -0.117. The SMILES string of the molecule is Cc1ncnc2c(Cl)cc(-c3cnc(NC(=O)C4CC4)nc3-c3ccco3)cc12. The Kier molecular flexibility index (Phi) is 4.24. The molecule has 1 saturated carbocycles. The zero-order valence-electron chi connectivity index (χ0n) is 15.5. The molecule has 8 heteroatoms. The number of halogens is 1. The number of aromatic nitrogens is 4. The van der Waals surface area contributed by atoms with Gasteiger partial charge in [0.25, 0.3) is 0 Å². The second kappa shape index (κ2) is 6.93. The summed E-state index contributed by atoms with van der Waals surface area (Å²) in [6.07, 6.45) is 6.56. The number of carbonyl (C=O) groups is 1. The van der Waals surface area contributed by atoms with Crippen molar-refractivity contribution in [3.8, 4) is 22.6 Å². The van der Waals surface area contributed by atoms with Crippen LogP contribution in [-0.2, 0) is 4.79 Å². The molecule has 3 aromatic heterocycles. The molecule has 1 N–H and O–H groups in total. The quantitative estimate of drug-likeness (QED) is 0.530. The van der Waals surface area contributed by atoms with E-state index < -0.39 is 0 Å². The Labute approximate surface area is 171 Å². The first kappa shape index (κ1) is 17.8. The van der Waals surface area contributed by atoms with E-state index in [-0.39, 0.29) is 17.8 Å². The molecule has 5 rings (SSSR count). The van der Waals surface area contributed by atoms with Crippen molar-refractivity contribution >= 4 is 34.4 Å². The standard InChI is InChI=1S/C21H16ClN5O2/c1-11-14-7-13(8-16(22)18(14)25-10-24-11)15-9-23-21(27-20(28)12-4-5-12)26-19(15)17-3-2-6-29-17/h2-3,6-10,12H,4-5H2,1H3,(H,23,26,27,28). The van der Waals surface area contributed by atoms with Crippen LogP contribution in [0.25, 0.3) is 33.5 Å². The van der Waals surface area contributed by atoms with E-state index >= 15 is 0 Å². The van der Waals surface area contributed by atoms with Gasteiger partial charge in [-0.25, -0.2) is 19.9 Å². The summed E-state index contributed by atoms with van der Waals surface area (Å²) < 4.78 is 5.58. The normalized spacial score (nSPS) is 13.6. The maximum absolute atomic E-state index is 12.1. The molecule has 7 nitrogen and oxygen atoms in total. The number of fused-ring (bicyclic) bond motifs is 1. The molecule has 144 valence electrons. The minimum Gasteiger partial charge on any atom is -0.463 e. The zero-order chi connectivity index (χ0) is 20.0. The molecule has 0 aliphatic heterocycles. The Balaban J connectivity index is 1.65. The monoisotopic (exact) mass is 405 g/mol. The highest BCUT2D eigenvalue weighted by Gasteiger charge is 2.30. The van der Waals surface area contributed by atoms with Crippen LogP contribution in [0, 0.1) is 12.8 Å². The third kappa shape index (κ3) is 3.34. The molecule has 0 bridgehead atoms. The maximum atomic E-state index is 12.1. The fraction of sp³-hybridized carbons (Fsp3) is 0.190. The maximum Gasteiger partial charge on any atom is 0.230 e. The van der Waals surface area contributed by atoms with Crippen molar-refractivity contribution in [2.24, 2.45) is 5.92 Å². The number of aryl methyl sites for hydroxylation is 1. The Bertz CT molecular complexity index is 1240. The van der Waals surface area contributed by atoms with E-state index in [9.17, 15) is 4.79 Å². The smallest absolute Gasteiger partial charge is 0.230 e. The largest absolute Gasteiger partial charge is 0.463 e. The number of hydrogen-bond acceptors (Lipinski definition) is 6. The van der Waals surface area contributed by atoms with E-state index in [4.69, 9.17) is 16.0 Å². The molecule has 0 saturated heterocycles. The molecular weight excluding hydrogens is 390 g/mol. The van der Waals surface area contributed by atoms with E-state index in [0.29, 0.717) is 22.0 Å². The molecule has 29 heavy (non-hydrogen) atoms. The van der Waals surface area contributed by atoms with Crippen LogP contribution in [0.15, 0.2) is 47.5 Å². The van der Waals surface area contributed by atoms with Crippen LogP contribution in [0.3, 0.4) is 0 Å². The van der Waals surface area contributed by atoms with Gasteiger partial charge in [0, 0.05) is 28.8 Å². The van der Waals surface area contributed by atoms with Gasteiger partial charge >= 0.3 is 0 Å².